The van der Waals surface area contributed by atoms with E-state index < -0.39 is 0 Å². The van der Waals surface area contributed by atoms with E-state index in [-0.39, 0.29) is 18.4 Å². The van der Waals surface area contributed by atoms with Gasteiger partial charge in [-0.15, -0.1) is 0 Å². The first-order valence-corrected chi connectivity index (χ1v) is 9.67. The lowest BCUT2D eigenvalue weighted by atomic mass is 10.1. The van der Waals surface area contributed by atoms with Crippen molar-refractivity contribution < 1.29 is 9.59 Å². The fraction of sp³-hybridized carbons (Fsp3) is 0.333. The third kappa shape index (κ3) is 4.03. The summed E-state index contributed by atoms with van der Waals surface area (Å²) in [7, 11) is 0. The Labute approximate surface area is 163 Å². The summed E-state index contributed by atoms with van der Waals surface area (Å²) in [6.45, 7) is 0.740. The average molecular weight is 377 g/mol. The van der Waals surface area contributed by atoms with Crippen molar-refractivity contribution in [1.29, 1.82) is 0 Å². The summed E-state index contributed by atoms with van der Waals surface area (Å²) in [5, 5.41) is 2.84. The van der Waals surface area contributed by atoms with Crippen LogP contribution in [0.5, 0.6) is 0 Å². The quantitative estimate of drug-likeness (QED) is 0.757. The normalized spacial score (nSPS) is 15.3. The van der Waals surface area contributed by atoms with Crippen molar-refractivity contribution in [3.05, 3.63) is 48.9 Å². The molecule has 0 bridgehead atoms. The minimum Gasteiger partial charge on any atom is -0.333 e. The van der Waals surface area contributed by atoms with Gasteiger partial charge in [-0.05, 0) is 37.1 Å². The third-order valence-electron chi connectivity index (χ3n) is 4.99. The van der Waals surface area contributed by atoms with Crippen LogP contribution in [0.3, 0.4) is 0 Å². The second kappa shape index (κ2) is 8.21. The van der Waals surface area contributed by atoms with Crippen LogP contribution < -0.4 is 5.32 Å². The van der Waals surface area contributed by atoms with E-state index in [0.29, 0.717) is 18.7 Å². The molecule has 1 N–H and O–H groups in total. The predicted molar refractivity (Wildman–Crippen MR) is 107 cm³/mol. The maximum absolute atomic E-state index is 12.4. The van der Waals surface area contributed by atoms with E-state index >= 15 is 0 Å². The molecular weight excluding hydrogens is 354 g/mol. The zero-order chi connectivity index (χ0) is 19.3. The summed E-state index contributed by atoms with van der Waals surface area (Å²) >= 11 is 0. The maximum atomic E-state index is 12.4. The number of anilines is 1. The fourth-order valence-electron chi connectivity index (χ4n) is 3.50. The van der Waals surface area contributed by atoms with Gasteiger partial charge in [0.05, 0.1) is 29.5 Å². The zero-order valence-electron chi connectivity index (χ0n) is 15.7. The number of imidazole rings is 1. The van der Waals surface area contributed by atoms with Gasteiger partial charge >= 0.3 is 0 Å². The van der Waals surface area contributed by atoms with E-state index in [9.17, 15) is 9.59 Å². The van der Waals surface area contributed by atoms with Gasteiger partial charge in [-0.3, -0.25) is 14.2 Å². The lowest BCUT2D eigenvalue weighted by Gasteiger charge is -2.24. The largest absolute Gasteiger partial charge is 0.333 e. The summed E-state index contributed by atoms with van der Waals surface area (Å²) in [5.74, 6) is 0.595. The number of fused-ring (bicyclic) bond motifs is 1. The molecular formula is C21H23N5O2. The second-order valence-corrected chi connectivity index (χ2v) is 7.04. The van der Waals surface area contributed by atoms with Gasteiger partial charge in [-0.2, -0.15) is 0 Å². The summed E-state index contributed by atoms with van der Waals surface area (Å²) in [6.07, 6.45) is 7.95. The Morgan fingerprint density at radius 3 is 2.75 bits per heavy atom. The minimum absolute atomic E-state index is 0.0651. The molecule has 0 radical (unpaired) electrons. The van der Waals surface area contributed by atoms with E-state index in [2.05, 4.69) is 15.3 Å². The number of aromatic nitrogens is 3. The number of likely N-dealkylation sites (tertiary alicyclic amines) is 1. The summed E-state index contributed by atoms with van der Waals surface area (Å²) in [4.78, 5) is 35.0. The number of pyridine rings is 1. The van der Waals surface area contributed by atoms with Crippen LogP contribution in [0, 0.1) is 0 Å². The Kier molecular flexibility index (Phi) is 5.32. The van der Waals surface area contributed by atoms with Crippen LogP contribution in [0.4, 0.5) is 5.69 Å². The molecule has 1 aliphatic heterocycles. The van der Waals surface area contributed by atoms with Crippen molar-refractivity contribution in [2.45, 2.75) is 32.1 Å². The highest BCUT2D eigenvalue weighted by Crippen LogP contribution is 2.18. The number of carbonyl (C=O) groups is 2. The number of rotatable bonds is 4. The first-order chi connectivity index (χ1) is 13.7. The first-order valence-electron chi connectivity index (χ1n) is 9.67. The second-order valence-electron chi connectivity index (χ2n) is 7.04. The van der Waals surface area contributed by atoms with Crippen molar-refractivity contribution in [3.63, 3.8) is 0 Å². The van der Waals surface area contributed by atoms with Crippen molar-refractivity contribution in [3.8, 4) is 5.82 Å². The highest BCUT2D eigenvalue weighted by Gasteiger charge is 2.18. The number of benzene rings is 1. The van der Waals surface area contributed by atoms with Gasteiger partial charge in [0, 0.05) is 13.0 Å². The predicted octanol–water partition coefficient (Wildman–Crippen LogP) is 3.15. The lowest BCUT2D eigenvalue weighted by molar-refractivity contribution is -0.135. The van der Waals surface area contributed by atoms with Gasteiger partial charge in [0.2, 0.25) is 11.8 Å². The molecule has 0 saturated carbocycles. The van der Waals surface area contributed by atoms with Gasteiger partial charge in [0.1, 0.15) is 12.1 Å². The Balaban J connectivity index is 1.41. The van der Waals surface area contributed by atoms with Gasteiger partial charge < -0.3 is 10.2 Å². The molecule has 7 heteroatoms. The highest BCUT2D eigenvalue weighted by atomic mass is 16.2. The third-order valence-corrected chi connectivity index (χ3v) is 4.99. The van der Waals surface area contributed by atoms with Crippen LogP contribution in [0.1, 0.15) is 32.1 Å². The number of nitrogens with zero attached hydrogens (tertiary/aromatic N) is 4. The molecule has 3 aromatic rings. The van der Waals surface area contributed by atoms with Crippen LogP contribution in [0.15, 0.2) is 48.9 Å². The van der Waals surface area contributed by atoms with Crippen LogP contribution in [-0.2, 0) is 9.59 Å². The van der Waals surface area contributed by atoms with Gasteiger partial charge in [0.25, 0.3) is 0 Å². The Bertz CT molecular complexity index is 980. The molecule has 2 amide bonds. The molecule has 3 heterocycles. The maximum Gasteiger partial charge on any atom is 0.244 e. The molecule has 0 atom stereocenters. The molecule has 1 aliphatic rings. The van der Waals surface area contributed by atoms with Crippen LogP contribution >= 0.6 is 0 Å². The standard InChI is InChI=1S/C21H23N5O2/c27-20(14-25-12-6-2-1-3-9-21(25)28)24-16-10-11-19(22-13-16)26-15-23-17-7-4-5-8-18(17)26/h4-5,7-8,10-11,13,15H,1-3,6,9,12,14H2,(H,24,27). The number of hydrogen-bond donors (Lipinski definition) is 1. The zero-order valence-corrected chi connectivity index (χ0v) is 15.7. The van der Waals surface area contributed by atoms with Crippen molar-refractivity contribution in [1.82, 2.24) is 19.4 Å². The van der Waals surface area contributed by atoms with Crippen LogP contribution in [-0.4, -0.2) is 44.3 Å². The number of nitrogens with one attached hydrogen (secondary N) is 1. The average Bonchev–Trinajstić information content (AvgIpc) is 3.13. The minimum atomic E-state index is -0.198. The summed E-state index contributed by atoms with van der Waals surface area (Å²) < 4.78 is 1.90. The molecule has 1 saturated heterocycles. The van der Waals surface area contributed by atoms with E-state index in [4.69, 9.17) is 0 Å². The molecule has 4 rings (SSSR count). The highest BCUT2D eigenvalue weighted by molar-refractivity contribution is 5.94. The van der Waals surface area contributed by atoms with Crippen molar-refractivity contribution in [2.75, 3.05) is 18.4 Å². The molecule has 1 fully saturated rings. The number of para-hydroxylation sites is 2. The van der Waals surface area contributed by atoms with Gasteiger partial charge in [-0.25, -0.2) is 9.97 Å². The first kappa shape index (κ1) is 18.2. The number of hydrogen-bond acceptors (Lipinski definition) is 4. The summed E-state index contributed by atoms with van der Waals surface area (Å²) in [6, 6.07) is 11.5. The van der Waals surface area contributed by atoms with Crippen molar-refractivity contribution in [2.24, 2.45) is 0 Å². The fourth-order valence-corrected chi connectivity index (χ4v) is 3.50. The van der Waals surface area contributed by atoms with E-state index in [1.54, 1.807) is 17.4 Å². The molecule has 28 heavy (non-hydrogen) atoms. The number of amides is 2. The lowest BCUT2D eigenvalue weighted by Crippen LogP contribution is -2.39. The monoisotopic (exact) mass is 377 g/mol. The summed E-state index contributed by atoms with van der Waals surface area (Å²) in [5.41, 5.74) is 2.49. The molecule has 2 aromatic heterocycles. The molecule has 144 valence electrons. The van der Waals surface area contributed by atoms with Crippen molar-refractivity contribution >= 4 is 28.5 Å². The van der Waals surface area contributed by atoms with Gasteiger partial charge in [0.15, 0.2) is 0 Å². The Morgan fingerprint density at radius 1 is 1.04 bits per heavy atom. The molecule has 0 aliphatic carbocycles. The SMILES string of the molecule is O=C(CN1CCCCCCC1=O)Nc1ccc(-n2cnc3ccccc32)nc1. The van der Waals surface area contributed by atoms with E-state index in [1.165, 1.54) is 0 Å². The number of carbonyl (C=O) groups excluding carboxylic acids is 2. The van der Waals surface area contributed by atoms with Crippen LogP contribution in [0.2, 0.25) is 0 Å². The van der Waals surface area contributed by atoms with E-state index in [1.807, 2.05) is 41.0 Å². The topological polar surface area (TPSA) is 80.1 Å². The Hall–Kier alpha value is -3.22. The smallest absolute Gasteiger partial charge is 0.244 e. The van der Waals surface area contributed by atoms with E-state index in [0.717, 1.165) is 42.5 Å². The molecule has 1 aromatic carbocycles. The van der Waals surface area contributed by atoms with Gasteiger partial charge in [-0.1, -0.05) is 25.0 Å². The molecule has 0 spiro atoms. The van der Waals surface area contributed by atoms with Crippen LogP contribution in [0.25, 0.3) is 16.9 Å². The molecule has 0 unspecified atom stereocenters. The molecule has 7 nitrogen and oxygen atoms in total. The Morgan fingerprint density at radius 2 is 1.89 bits per heavy atom.